The molecule has 0 saturated heterocycles. The van der Waals surface area contributed by atoms with E-state index in [4.69, 9.17) is 4.55 Å². The van der Waals surface area contributed by atoms with E-state index in [0.29, 0.717) is 6.42 Å². The number of hydrogen-bond acceptors (Lipinski definition) is 4. The average molecular weight is 373 g/mol. The van der Waals surface area contributed by atoms with E-state index < -0.39 is 27.8 Å². The quantitative estimate of drug-likeness (QED) is 0.239. The zero-order chi connectivity index (χ0) is 17.6. The minimum absolute atomic E-state index is 0. The third-order valence-electron chi connectivity index (χ3n) is 4.12. The summed E-state index contributed by atoms with van der Waals surface area (Å²) in [6.07, 6.45) is 13.3. The van der Waals surface area contributed by atoms with E-state index in [9.17, 15) is 18.3 Å². The van der Waals surface area contributed by atoms with Gasteiger partial charge in [-0.15, -0.1) is 0 Å². The smallest absolute Gasteiger partial charge is 0.550 e. The van der Waals surface area contributed by atoms with E-state index in [1.165, 1.54) is 51.4 Å². The summed E-state index contributed by atoms with van der Waals surface area (Å²) in [6.45, 7) is 2.22. The number of carboxylic acid groups (broad SMARTS) is 1. The van der Waals surface area contributed by atoms with Crippen LogP contribution in [0, 0.1) is 5.92 Å². The second-order valence-corrected chi connectivity index (χ2v) is 8.01. The van der Waals surface area contributed by atoms with Gasteiger partial charge in [-0.2, -0.15) is 8.42 Å². The van der Waals surface area contributed by atoms with Crippen molar-refractivity contribution in [3.8, 4) is 0 Å². The Morgan fingerprint density at radius 2 is 1.33 bits per heavy atom. The van der Waals surface area contributed by atoms with Crippen LogP contribution >= 0.6 is 0 Å². The maximum absolute atomic E-state index is 10.9. The Hall–Kier alpha value is 0.380. The first-order valence-corrected chi connectivity index (χ1v) is 10.6. The van der Waals surface area contributed by atoms with Gasteiger partial charge in [-0.05, 0) is 18.8 Å². The number of aliphatic carboxylic acids is 1. The molecule has 0 bridgehead atoms. The Morgan fingerprint density at radius 3 is 1.71 bits per heavy atom. The van der Waals surface area contributed by atoms with E-state index >= 15 is 0 Å². The summed E-state index contributed by atoms with van der Waals surface area (Å²) in [5, 5.41) is 10.6. The molecule has 5 nitrogen and oxygen atoms in total. The first-order valence-electron chi connectivity index (χ1n) is 9.00. The summed E-state index contributed by atoms with van der Waals surface area (Å²) in [6, 6.07) is 0. The predicted octanol–water partition coefficient (Wildman–Crippen LogP) is 0.336. The van der Waals surface area contributed by atoms with Gasteiger partial charge in [-0.3, -0.25) is 4.55 Å². The van der Waals surface area contributed by atoms with Gasteiger partial charge >= 0.3 is 29.6 Å². The summed E-state index contributed by atoms with van der Waals surface area (Å²) in [5.74, 6) is -2.30. The van der Waals surface area contributed by atoms with Crippen LogP contribution in [0.15, 0.2) is 0 Å². The maximum atomic E-state index is 10.9. The Bertz CT molecular complexity index is 398. The van der Waals surface area contributed by atoms with E-state index in [2.05, 4.69) is 6.92 Å². The molecule has 138 valence electrons. The van der Waals surface area contributed by atoms with Gasteiger partial charge in [0.25, 0.3) is 10.1 Å². The zero-order valence-corrected chi connectivity index (χ0v) is 18.3. The molecule has 24 heavy (non-hydrogen) atoms. The van der Waals surface area contributed by atoms with E-state index in [1.54, 1.807) is 0 Å². The molecule has 0 aromatic carbocycles. The van der Waals surface area contributed by atoms with Crippen LogP contribution < -0.4 is 34.7 Å². The molecule has 0 aliphatic carbocycles. The molecular formula is C17H33NaO5S. The van der Waals surface area contributed by atoms with E-state index in [0.717, 1.165) is 19.3 Å². The molecule has 0 aliphatic rings. The number of carbonyl (C=O) groups is 1. The Morgan fingerprint density at radius 1 is 0.917 bits per heavy atom. The fourth-order valence-electron chi connectivity index (χ4n) is 2.88. The van der Waals surface area contributed by atoms with Gasteiger partial charge < -0.3 is 9.90 Å². The van der Waals surface area contributed by atoms with E-state index in [-0.39, 0.29) is 36.0 Å². The topological polar surface area (TPSA) is 94.5 Å². The molecule has 0 rings (SSSR count). The van der Waals surface area contributed by atoms with E-state index in [1.807, 2.05) is 0 Å². The Balaban J connectivity index is 0. The van der Waals surface area contributed by atoms with Crippen LogP contribution in [0.1, 0.15) is 90.4 Å². The Kier molecular flexibility index (Phi) is 18.7. The van der Waals surface area contributed by atoms with Crippen molar-refractivity contribution < 1.29 is 52.4 Å². The molecule has 0 heterocycles. The molecule has 7 heteroatoms. The molecule has 1 unspecified atom stereocenters. The average Bonchev–Trinajstić information content (AvgIpc) is 2.42. The molecule has 0 radical (unpaired) electrons. The van der Waals surface area contributed by atoms with Gasteiger partial charge in [0.1, 0.15) is 0 Å². The van der Waals surface area contributed by atoms with Gasteiger partial charge in [-0.25, -0.2) is 0 Å². The van der Waals surface area contributed by atoms with Gasteiger partial charge in [0.2, 0.25) is 0 Å². The van der Waals surface area contributed by atoms with Crippen molar-refractivity contribution in [2.24, 2.45) is 5.92 Å². The first kappa shape index (κ1) is 26.6. The SMILES string of the molecule is CCCCCCCCCCCCCC(CC(=O)[O-])CS(=O)(=O)O.[Na+]. The van der Waals surface area contributed by atoms with Crippen LogP contribution in [0.5, 0.6) is 0 Å². The number of hydrogen-bond donors (Lipinski definition) is 1. The molecule has 0 fully saturated rings. The number of carboxylic acids is 1. The standard InChI is InChI=1S/C17H34O5S.Na/c1-2-3-4-5-6-7-8-9-10-11-12-13-16(14-17(18)19)15-23(20,21)22;/h16H,2-15H2,1H3,(H,18,19)(H,20,21,22);/q;+1/p-1. The summed E-state index contributed by atoms with van der Waals surface area (Å²) in [4.78, 5) is 10.6. The monoisotopic (exact) mass is 372 g/mol. The maximum Gasteiger partial charge on any atom is 1.00 e. The van der Waals surface area contributed by atoms with Gasteiger partial charge in [0.05, 0.1) is 5.75 Å². The predicted molar refractivity (Wildman–Crippen MR) is 90.6 cm³/mol. The second-order valence-electron chi connectivity index (χ2n) is 6.51. The third-order valence-corrected chi connectivity index (χ3v) is 5.01. The normalized spacial score (nSPS) is 12.6. The first-order chi connectivity index (χ1) is 10.8. The second kappa shape index (κ2) is 16.8. The fourth-order valence-corrected chi connectivity index (χ4v) is 3.76. The van der Waals surface area contributed by atoms with Gasteiger partial charge in [0, 0.05) is 5.97 Å². The largest absolute Gasteiger partial charge is 1.00 e. The molecule has 1 N–H and O–H groups in total. The van der Waals surface area contributed by atoms with Crippen LogP contribution in [0.2, 0.25) is 0 Å². The Labute approximate surface area is 170 Å². The number of carbonyl (C=O) groups excluding carboxylic acids is 1. The summed E-state index contributed by atoms with van der Waals surface area (Å²) >= 11 is 0. The van der Waals surface area contributed by atoms with Gasteiger partial charge in [0.15, 0.2) is 0 Å². The van der Waals surface area contributed by atoms with Crippen LogP contribution in [0.4, 0.5) is 0 Å². The van der Waals surface area contributed by atoms with Crippen molar-refractivity contribution in [2.45, 2.75) is 90.4 Å². The molecule has 1 atom stereocenters. The van der Waals surface area contributed by atoms with Crippen molar-refractivity contribution in [1.82, 2.24) is 0 Å². The molecule has 0 amide bonds. The third kappa shape index (κ3) is 20.4. The zero-order valence-electron chi connectivity index (χ0n) is 15.5. The number of unbranched alkanes of at least 4 members (excludes halogenated alkanes) is 10. The van der Waals surface area contributed by atoms with Crippen molar-refractivity contribution in [1.29, 1.82) is 0 Å². The number of rotatable bonds is 16. The molecule has 0 aliphatic heterocycles. The minimum Gasteiger partial charge on any atom is -0.550 e. The van der Waals surface area contributed by atoms with Crippen LogP contribution in [-0.2, 0) is 14.9 Å². The molecule has 0 saturated carbocycles. The van der Waals surface area contributed by atoms with Crippen molar-refractivity contribution >= 4 is 16.1 Å². The molecular weight excluding hydrogens is 339 g/mol. The minimum atomic E-state index is -4.12. The van der Waals surface area contributed by atoms with Crippen molar-refractivity contribution in [3.63, 3.8) is 0 Å². The summed E-state index contributed by atoms with van der Waals surface area (Å²) in [7, 11) is -4.12. The van der Waals surface area contributed by atoms with Gasteiger partial charge in [-0.1, -0.05) is 77.6 Å². The fraction of sp³-hybridized carbons (Fsp3) is 0.941. The molecule has 0 spiro atoms. The summed E-state index contributed by atoms with van der Waals surface area (Å²) < 4.78 is 30.6. The van der Waals surface area contributed by atoms with Crippen molar-refractivity contribution in [2.75, 3.05) is 5.75 Å². The molecule has 0 aromatic heterocycles. The summed E-state index contributed by atoms with van der Waals surface area (Å²) in [5.41, 5.74) is 0. The molecule has 0 aromatic rings. The van der Waals surface area contributed by atoms with Crippen LogP contribution in [0.3, 0.4) is 0 Å². The van der Waals surface area contributed by atoms with Crippen molar-refractivity contribution in [3.05, 3.63) is 0 Å². The van der Waals surface area contributed by atoms with Crippen LogP contribution in [0.25, 0.3) is 0 Å². The van der Waals surface area contributed by atoms with Crippen LogP contribution in [-0.4, -0.2) is 24.7 Å².